The van der Waals surface area contributed by atoms with Gasteiger partial charge in [0.15, 0.2) is 0 Å². The number of aromatic nitrogens is 1. The Morgan fingerprint density at radius 3 is 2.47 bits per heavy atom. The van der Waals surface area contributed by atoms with Gasteiger partial charge in [0.25, 0.3) is 0 Å². The normalized spacial score (nSPS) is 22.9. The summed E-state index contributed by atoms with van der Waals surface area (Å²) >= 11 is 18.4. The van der Waals surface area contributed by atoms with Crippen molar-refractivity contribution >= 4 is 79.7 Å². The van der Waals surface area contributed by atoms with Crippen LogP contribution in [0.1, 0.15) is 16.4 Å². The van der Waals surface area contributed by atoms with E-state index in [-0.39, 0.29) is 16.7 Å². The number of thioether (sulfide) groups is 1. The van der Waals surface area contributed by atoms with Crippen molar-refractivity contribution in [3.05, 3.63) is 77.1 Å². The average molecular weight is 542 g/mol. The third-order valence-electron chi connectivity index (χ3n) is 5.23. The molecule has 30 heavy (non-hydrogen) atoms. The van der Waals surface area contributed by atoms with Crippen molar-refractivity contribution < 1.29 is 9.59 Å². The summed E-state index contributed by atoms with van der Waals surface area (Å²) in [5.41, 5.74) is 1.14. The first-order valence-corrected chi connectivity index (χ1v) is 12.1. The number of rotatable bonds is 2. The Hall–Kier alpha value is -1.58. The standard InChI is InChI=1S/C20H11BrCl2N2O3S2/c21-8-4-6-9(7-5-8)25-18(26)13-12(10-2-1-3-11(22)14(10)23)15-17(24-20(28)30-15)29-16(13)19(25)27/h1-7,12-13,16H,(H,24,28). The van der Waals surface area contributed by atoms with E-state index < -0.39 is 17.1 Å². The fraction of sp³-hybridized carbons (Fsp3) is 0.150. The number of aromatic amines is 1. The molecule has 3 atom stereocenters. The van der Waals surface area contributed by atoms with Gasteiger partial charge in [-0.15, -0.1) is 0 Å². The largest absolute Gasteiger partial charge is 0.307 e. The van der Waals surface area contributed by atoms with Crippen molar-refractivity contribution in [1.29, 1.82) is 0 Å². The zero-order chi connectivity index (χ0) is 21.2. The van der Waals surface area contributed by atoms with Crippen LogP contribution in [-0.2, 0) is 9.59 Å². The number of H-pyrrole nitrogens is 1. The minimum atomic E-state index is -0.693. The molecule has 1 saturated heterocycles. The van der Waals surface area contributed by atoms with E-state index in [0.29, 0.717) is 31.2 Å². The van der Waals surface area contributed by atoms with Crippen molar-refractivity contribution in [3.63, 3.8) is 0 Å². The lowest BCUT2D eigenvalue weighted by Crippen LogP contribution is -2.32. The first-order valence-electron chi connectivity index (χ1n) is 8.83. The average Bonchev–Trinajstić information content (AvgIpc) is 3.20. The number of thiazole rings is 1. The van der Waals surface area contributed by atoms with Crippen LogP contribution in [0.2, 0.25) is 10.0 Å². The molecular formula is C20H11BrCl2N2O3S2. The number of benzene rings is 2. The van der Waals surface area contributed by atoms with Crippen molar-refractivity contribution in [3.8, 4) is 0 Å². The highest BCUT2D eigenvalue weighted by Crippen LogP contribution is 2.54. The molecule has 0 bridgehead atoms. The molecule has 5 rings (SSSR count). The van der Waals surface area contributed by atoms with Gasteiger partial charge >= 0.3 is 4.87 Å². The number of amides is 2. The number of imide groups is 1. The molecule has 0 aliphatic carbocycles. The molecule has 2 aromatic carbocycles. The van der Waals surface area contributed by atoms with Gasteiger partial charge in [0.2, 0.25) is 11.8 Å². The molecule has 0 saturated carbocycles. The highest BCUT2D eigenvalue weighted by atomic mass is 79.9. The van der Waals surface area contributed by atoms with Crippen LogP contribution in [0.4, 0.5) is 5.69 Å². The molecule has 3 unspecified atom stereocenters. The molecule has 2 aliphatic heterocycles. The van der Waals surface area contributed by atoms with Gasteiger partial charge in [-0.25, -0.2) is 4.90 Å². The van der Waals surface area contributed by atoms with Crippen LogP contribution in [0.5, 0.6) is 0 Å². The predicted octanol–water partition coefficient (Wildman–Crippen LogP) is 5.30. The van der Waals surface area contributed by atoms with E-state index in [1.165, 1.54) is 16.7 Å². The highest BCUT2D eigenvalue weighted by Gasteiger charge is 2.56. The molecule has 1 aromatic heterocycles. The summed E-state index contributed by atoms with van der Waals surface area (Å²) in [5.74, 6) is -1.86. The fourth-order valence-electron chi connectivity index (χ4n) is 3.96. The zero-order valence-electron chi connectivity index (χ0n) is 14.9. The second-order valence-electron chi connectivity index (χ2n) is 6.88. The van der Waals surface area contributed by atoms with Crippen LogP contribution in [0.3, 0.4) is 0 Å². The number of fused-ring (bicyclic) bond motifs is 2. The quantitative estimate of drug-likeness (QED) is 0.447. The molecule has 5 nitrogen and oxygen atoms in total. The maximum atomic E-state index is 13.6. The van der Waals surface area contributed by atoms with Crippen LogP contribution in [-0.4, -0.2) is 22.0 Å². The summed E-state index contributed by atoms with van der Waals surface area (Å²) in [5, 5.41) is 0.615. The third kappa shape index (κ3) is 3.08. The Morgan fingerprint density at radius 1 is 1.00 bits per heavy atom. The van der Waals surface area contributed by atoms with Crippen LogP contribution < -0.4 is 9.77 Å². The molecular weight excluding hydrogens is 531 g/mol. The molecule has 1 fully saturated rings. The first-order chi connectivity index (χ1) is 14.4. The van der Waals surface area contributed by atoms with Crippen LogP contribution in [0.15, 0.2) is 56.8 Å². The van der Waals surface area contributed by atoms with Crippen LogP contribution >= 0.6 is 62.2 Å². The lowest BCUT2D eigenvalue weighted by molar-refractivity contribution is -0.122. The summed E-state index contributed by atoms with van der Waals surface area (Å²) in [7, 11) is 0. The van der Waals surface area contributed by atoms with E-state index >= 15 is 0 Å². The number of hydrogen-bond donors (Lipinski definition) is 1. The number of hydrogen-bond acceptors (Lipinski definition) is 5. The smallest absolute Gasteiger partial charge is 0.305 e. The number of carbonyl (C=O) groups excluding carboxylic acids is 2. The fourth-order valence-corrected chi connectivity index (χ4v) is 7.15. The van der Waals surface area contributed by atoms with Gasteiger partial charge in [-0.1, -0.05) is 74.4 Å². The van der Waals surface area contributed by atoms with Gasteiger partial charge < -0.3 is 4.98 Å². The highest BCUT2D eigenvalue weighted by molar-refractivity contribution is 9.10. The van der Waals surface area contributed by atoms with Gasteiger partial charge in [-0.05, 0) is 35.9 Å². The van der Waals surface area contributed by atoms with E-state index in [1.807, 2.05) is 0 Å². The van der Waals surface area contributed by atoms with Gasteiger partial charge in [0, 0.05) is 15.3 Å². The van der Waals surface area contributed by atoms with Gasteiger partial charge in [-0.3, -0.25) is 14.4 Å². The van der Waals surface area contributed by atoms with E-state index in [1.54, 1.807) is 42.5 Å². The Labute approximate surface area is 197 Å². The molecule has 1 N–H and O–H groups in total. The molecule has 152 valence electrons. The lowest BCUT2D eigenvalue weighted by Gasteiger charge is -2.30. The minimum Gasteiger partial charge on any atom is -0.307 e. The predicted molar refractivity (Wildman–Crippen MR) is 123 cm³/mol. The Balaban J connectivity index is 1.68. The molecule has 10 heteroatoms. The van der Waals surface area contributed by atoms with E-state index in [9.17, 15) is 14.4 Å². The Kier molecular flexibility index (Phi) is 5.10. The SMILES string of the molecule is O=C1C2Sc3[nH]c(=O)sc3C(c3cccc(Cl)c3Cl)C2C(=O)N1c1ccc(Br)cc1. The summed E-state index contributed by atoms with van der Waals surface area (Å²) < 4.78 is 0.848. The number of nitrogens with zero attached hydrogens (tertiary/aromatic N) is 1. The van der Waals surface area contributed by atoms with Crippen molar-refractivity contribution in [2.75, 3.05) is 4.90 Å². The summed E-state index contributed by atoms with van der Waals surface area (Å²) in [6.45, 7) is 0. The number of nitrogens with one attached hydrogen (secondary N) is 1. The minimum absolute atomic E-state index is 0.236. The first kappa shape index (κ1) is 20.3. The van der Waals surface area contributed by atoms with Gasteiger partial charge in [0.1, 0.15) is 5.25 Å². The molecule has 0 radical (unpaired) electrons. The Morgan fingerprint density at radius 2 is 1.73 bits per heavy atom. The third-order valence-corrected chi connectivity index (χ3v) is 8.99. The molecule has 3 aromatic rings. The molecule has 2 aliphatic rings. The van der Waals surface area contributed by atoms with Crippen LogP contribution in [0, 0.1) is 5.92 Å². The van der Waals surface area contributed by atoms with E-state index in [2.05, 4.69) is 20.9 Å². The lowest BCUT2D eigenvalue weighted by atomic mass is 9.83. The van der Waals surface area contributed by atoms with Gasteiger partial charge in [0.05, 0.1) is 26.7 Å². The van der Waals surface area contributed by atoms with Crippen molar-refractivity contribution in [1.82, 2.24) is 4.98 Å². The topological polar surface area (TPSA) is 70.2 Å². The zero-order valence-corrected chi connectivity index (χ0v) is 19.6. The maximum absolute atomic E-state index is 13.6. The molecule has 0 spiro atoms. The molecule has 3 heterocycles. The van der Waals surface area contributed by atoms with E-state index in [4.69, 9.17) is 23.2 Å². The van der Waals surface area contributed by atoms with Crippen molar-refractivity contribution in [2.24, 2.45) is 5.92 Å². The van der Waals surface area contributed by atoms with E-state index in [0.717, 1.165) is 15.8 Å². The van der Waals surface area contributed by atoms with Crippen molar-refractivity contribution in [2.45, 2.75) is 16.2 Å². The summed E-state index contributed by atoms with van der Waals surface area (Å²) in [6, 6.07) is 12.2. The van der Waals surface area contributed by atoms with Crippen LogP contribution in [0.25, 0.3) is 0 Å². The summed E-state index contributed by atoms with van der Waals surface area (Å²) in [4.78, 5) is 43.5. The Bertz CT molecular complexity index is 1260. The summed E-state index contributed by atoms with van der Waals surface area (Å²) in [6.07, 6.45) is 0. The maximum Gasteiger partial charge on any atom is 0.305 e. The number of anilines is 1. The number of carbonyl (C=O) groups is 2. The molecule has 2 amide bonds. The number of halogens is 3. The second-order valence-corrected chi connectivity index (χ2v) is 10.7. The second kappa shape index (κ2) is 7.53. The monoisotopic (exact) mass is 540 g/mol. The van der Waals surface area contributed by atoms with Gasteiger partial charge in [-0.2, -0.15) is 0 Å².